The Morgan fingerprint density at radius 3 is 2.69 bits per heavy atom. The fraction of sp³-hybridized carbons (Fsp3) is 0.250. The normalized spacial score (nSPS) is 19.4. The van der Waals surface area contributed by atoms with Gasteiger partial charge < -0.3 is 9.32 Å². The van der Waals surface area contributed by atoms with Crippen molar-refractivity contribution < 1.29 is 23.6 Å². The van der Waals surface area contributed by atoms with E-state index in [1.165, 1.54) is 12.3 Å². The molecular formula is C20H18N4O5. The Balaban J connectivity index is 1.46. The van der Waals surface area contributed by atoms with Crippen LogP contribution in [0.5, 0.6) is 0 Å². The number of likely N-dealkylation sites (N-methyl/N-ethyl adjacent to an activating group) is 1. The van der Waals surface area contributed by atoms with Gasteiger partial charge in [-0.05, 0) is 6.42 Å². The average Bonchev–Trinajstić information content (AvgIpc) is 3.28. The van der Waals surface area contributed by atoms with Crippen molar-refractivity contribution in [2.75, 3.05) is 7.05 Å². The first kappa shape index (κ1) is 18.6. The Morgan fingerprint density at radius 2 is 1.97 bits per heavy atom. The van der Waals surface area contributed by atoms with Crippen molar-refractivity contribution in [3.05, 3.63) is 54.3 Å². The van der Waals surface area contributed by atoms with Gasteiger partial charge >= 0.3 is 0 Å². The maximum absolute atomic E-state index is 12.8. The smallest absolute Gasteiger partial charge is 0.277 e. The van der Waals surface area contributed by atoms with Gasteiger partial charge in [-0.3, -0.25) is 29.4 Å². The van der Waals surface area contributed by atoms with Gasteiger partial charge in [0.1, 0.15) is 23.7 Å². The van der Waals surface area contributed by atoms with Crippen LogP contribution in [0, 0.1) is 0 Å². The number of benzene rings is 1. The minimum atomic E-state index is -0.985. The number of nitrogens with zero attached hydrogens (tertiary/aromatic N) is 3. The first-order valence-electron chi connectivity index (χ1n) is 9.08. The minimum Gasteiger partial charge on any atom is -0.446 e. The monoisotopic (exact) mass is 394 g/mol. The molecule has 1 unspecified atom stereocenters. The molecule has 148 valence electrons. The zero-order valence-corrected chi connectivity index (χ0v) is 15.6. The molecule has 4 rings (SSSR count). The molecule has 29 heavy (non-hydrogen) atoms. The van der Waals surface area contributed by atoms with Crippen LogP contribution in [0.15, 0.2) is 52.8 Å². The molecule has 2 aliphatic heterocycles. The number of nitrogens with one attached hydrogen (secondary N) is 1. The van der Waals surface area contributed by atoms with Crippen LogP contribution in [0.3, 0.4) is 0 Å². The summed E-state index contributed by atoms with van der Waals surface area (Å²) in [6.07, 6.45) is 2.92. The highest BCUT2D eigenvalue weighted by Crippen LogP contribution is 2.24. The topological polar surface area (TPSA) is 113 Å². The predicted molar refractivity (Wildman–Crippen MR) is 99.5 cm³/mol. The zero-order valence-electron chi connectivity index (χ0n) is 15.6. The molecule has 2 aliphatic rings. The van der Waals surface area contributed by atoms with E-state index in [-0.39, 0.29) is 25.1 Å². The van der Waals surface area contributed by atoms with Gasteiger partial charge in [-0.2, -0.15) is 0 Å². The van der Waals surface area contributed by atoms with E-state index >= 15 is 0 Å². The van der Waals surface area contributed by atoms with Gasteiger partial charge in [0.25, 0.3) is 11.8 Å². The number of aromatic nitrogens is 1. The number of imide groups is 2. The lowest BCUT2D eigenvalue weighted by atomic mass is 10.0. The molecule has 4 amide bonds. The maximum atomic E-state index is 12.8. The van der Waals surface area contributed by atoms with Crippen LogP contribution in [0.4, 0.5) is 0 Å². The van der Waals surface area contributed by atoms with Gasteiger partial charge in [0.05, 0.1) is 6.54 Å². The zero-order chi connectivity index (χ0) is 20.5. The van der Waals surface area contributed by atoms with E-state index in [2.05, 4.69) is 10.3 Å². The number of hydrogen-bond donors (Lipinski definition) is 1. The van der Waals surface area contributed by atoms with Crippen molar-refractivity contribution in [3.63, 3.8) is 0 Å². The molecule has 0 radical (unpaired) electrons. The Kier molecular flexibility index (Phi) is 4.71. The summed E-state index contributed by atoms with van der Waals surface area (Å²) >= 11 is 0. The fourth-order valence-corrected chi connectivity index (χ4v) is 3.38. The Morgan fingerprint density at radius 1 is 1.21 bits per heavy atom. The van der Waals surface area contributed by atoms with Gasteiger partial charge in [0, 0.05) is 25.1 Å². The fourth-order valence-electron chi connectivity index (χ4n) is 3.38. The molecular weight excluding hydrogens is 376 g/mol. The number of carbonyl (C=O) groups excluding carboxylic acids is 4. The highest BCUT2D eigenvalue weighted by Gasteiger charge is 2.43. The molecule has 1 saturated heterocycles. The van der Waals surface area contributed by atoms with Gasteiger partial charge in [0.2, 0.25) is 17.7 Å². The van der Waals surface area contributed by atoms with Crippen molar-refractivity contribution in [2.45, 2.75) is 25.4 Å². The van der Waals surface area contributed by atoms with E-state index in [1.54, 1.807) is 11.9 Å². The van der Waals surface area contributed by atoms with E-state index in [1.807, 2.05) is 30.3 Å². The molecule has 0 spiro atoms. The summed E-state index contributed by atoms with van der Waals surface area (Å²) in [5, 5.41) is 2.16. The minimum absolute atomic E-state index is 0.0806. The molecule has 1 aromatic carbocycles. The molecule has 2 aromatic rings. The van der Waals surface area contributed by atoms with Gasteiger partial charge in [-0.1, -0.05) is 30.3 Å². The van der Waals surface area contributed by atoms with Crippen molar-refractivity contribution in [1.29, 1.82) is 0 Å². The SMILES string of the molecule is CN(Cc1nc(-c2ccccc2)co1)C1=CC(=O)N(C2CCC(=O)NC2=O)C1=O. The first-order chi connectivity index (χ1) is 13.9. The predicted octanol–water partition coefficient (Wildman–Crippen LogP) is 0.831. The summed E-state index contributed by atoms with van der Waals surface area (Å²) in [6, 6.07) is 8.53. The molecule has 0 aliphatic carbocycles. The molecule has 1 N–H and O–H groups in total. The quantitative estimate of drug-likeness (QED) is 0.748. The van der Waals surface area contributed by atoms with E-state index in [0.717, 1.165) is 10.5 Å². The summed E-state index contributed by atoms with van der Waals surface area (Å²) in [7, 11) is 1.64. The highest BCUT2D eigenvalue weighted by molar-refractivity contribution is 6.18. The van der Waals surface area contributed by atoms with E-state index in [9.17, 15) is 19.2 Å². The van der Waals surface area contributed by atoms with Crippen LogP contribution >= 0.6 is 0 Å². The van der Waals surface area contributed by atoms with Gasteiger partial charge in [0.15, 0.2) is 0 Å². The summed E-state index contributed by atoms with van der Waals surface area (Å²) in [4.78, 5) is 55.4. The number of rotatable bonds is 5. The largest absolute Gasteiger partial charge is 0.446 e. The number of carbonyl (C=O) groups is 4. The molecule has 1 aromatic heterocycles. The van der Waals surface area contributed by atoms with E-state index in [4.69, 9.17) is 4.42 Å². The van der Waals surface area contributed by atoms with E-state index in [0.29, 0.717) is 11.6 Å². The van der Waals surface area contributed by atoms with Crippen LogP contribution in [-0.2, 0) is 25.7 Å². The standard InChI is InChI=1S/C20H18N4O5/c1-23(10-17-21-13(11-29-17)12-5-3-2-4-6-12)15-9-18(26)24(20(15)28)14-7-8-16(25)22-19(14)27/h2-6,9,11,14H,7-8,10H2,1H3,(H,22,25,27). The Hall–Kier alpha value is -3.75. The number of piperidine rings is 1. The van der Waals surface area contributed by atoms with Crippen LogP contribution in [-0.4, -0.2) is 51.5 Å². The third-order valence-electron chi connectivity index (χ3n) is 4.86. The van der Waals surface area contributed by atoms with Crippen LogP contribution in [0.1, 0.15) is 18.7 Å². The van der Waals surface area contributed by atoms with Gasteiger partial charge in [-0.25, -0.2) is 4.98 Å². The third kappa shape index (κ3) is 3.54. The second kappa shape index (κ2) is 7.34. The van der Waals surface area contributed by atoms with Crippen molar-refractivity contribution >= 4 is 23.6 Å². The lowest BCUT2D eigenvalue weighted by molar-refractivity contribution is -0.150. The molecule has 1 fully saturated rings. The molecule has 9 heteroatoms. The number of amides is 4. The molecule has 0 bridgehead atoms. The average molecular weight is 394 g/mol. The van der Waals surface area contributed by atoms with Crippen LogP contribution < -0.4 is 5.32 Å². The molecule has 0 saturated carbocycles. The molecule has 1 atom stereocenters. The molecule has 3 heterocycles. The second-order valence-electron chi connectivity index (χ2n) is 6.86. The summed E-state index contributed by atoms with van der Waals surface area (Å²) in [5.41, 5.74) is 1.71. The lowest BCUT2D eigenvalue weighted by Crippen LogP contribution is -2.54. The van der Waals surface area contributed by atoms with E-state index < -0.39 is 29.7 Å². The Labute approximate surface area is 166 Å². The van der Waals surface area contributed by atoms with Gasteiger partial charge in [-0.15, -0.1) is 0 Å². The van der Waals surface area contributed by atoms with Crippen molar-refractivity contribution in [1.82, 2.24) is 20.1 Å². The third-order valence-corrected chi connectivity index (χ3v) is 4.86. The van der Waals surface area contributed by atoms with Crippen LogP contribution in [0.25, 0.3) is 11.3 Å². The summed E-state index contributed by atoms with van der Waals surface area (Å²) in [5.74, 6) is -1.83. The lowest BCUT2D eigenvalue weighted by Gasteiger charge is -2.29. The Bertz CT molecular complexity index is 1030. The number of oxazole rings is 1. The first-order valence-corrected chi connectivity index (χ1v) is 9.08. The van der Waals surface area contributed by atoms with Crippen LogP contribution in [0.2, 0.25) is 0 Å². The van der Waals surface area contributed by atoms with Crippen molar-refractivity contribution in [2.24, 2.45) is 0 Å². The molecule has 9 nitrogen and oxygen atoms in total. The second-order valence-corrected chi connectivity index (χ2v) is 6.86. The summed E-state index contributed by atoms with van der Waals surface area (Å²) in [6.45, 7) is 0.168. The maximum Gasteiger partial charge on any atom is 0.277 e. The highest BCUT2D eigenvalue weighted by atomic mass is 16.3. The summed E-state index contributed by atoms with van der Waals surface area (Å²) < 4.78 is 5.49. The number of hydrogen-bond acceptors (Lipinski definition) is 7. The van der Waals surface area contributed by atoms with Crippen molar-refractivity contribution in [3.8, 4) is 11.3 Å².